The SMILES string of the molecule is Cc1c(N)cccc1-c1noc(-c2ccc(COc3c(F)c(F)cc(F)c3F)o2)n1. The fourth-order valence-electron chi connectivity index (χ4n) is 2.72. The minimum Gasteiger partial charge on any atom is -0.479 e. The van der Waals surface area contributed by atoms with Gasteiger partial charge in [0.05, 0.1) is 0 Å². The van der Waals surface area contributed by atoms with Gasteiger partial charge in [0.2, 0.25) is 17.5 Å². The highest BCUT2D eigenvalue weighted by Gasteiger charge is 2.21. The summed E-state index contributed by atoms with van der Waals surface area (Å²) in [5.41, 5.74) is 7.92. The Morgan fingerprint density at radius 1 is 1.03 bits per heavy atom. The van der Waals surface area contributed by atoms with Gasteiger partial charge in [-0.25, -0.2) is 8.78 Å². The Morgan fingerprint density at radius 3 is 2.50 bits per heavy atom. The van der Waals surface area contributed by atoms with Gasteiger partial charge in [-0.1, -0.05) is 17.3 Å². The number of nitrogens with zero attached hydrogens (tertiary/aromatic N) is 2. The van der Waals surface area contributed by atoms with Crippen molar-refractivity contribution >= 4 is 5.69 Å². The monoisotopic (exact) mass is 419 g/mol. The third-order valence-electron chi connectivity index (χ3n) is 4.35. The van der Waals surface area contributed by atoms with Gasteiger partial charge in [-0.2, -0.15) is 13.8 Å². The van der Waals surface area contributed by atoms with Gasteiger partial charge in [0.15, 0.2) is 23.1 Å². The van der Waals surface area contributed by atoms with Crippen molar-refractivity contribution in [3.8, 4) is 28.8 Å². The summed E-state index contributed by atoms with van der Waals surface area (Å²) in [4.78, 5) is 4.25. The van der Waals surface area contributed by atoms with E-state index in [0.29, 0.717) is 17.1 Å². The number of nitrogen functional groups attached to an aromatic ring is 1. The number of hydrogen-bond acceptors (Lipinski definition) is 6. The standard InChI is InChI=1S/C20H13F4N3O3/c1-9-11(3-2-4-14(9)25)19-26-20(30-27-19)15-6-5-10(29-15)8-28-18-16(23)12(21)7-13(22)17(18)24/h2-7H,8,25H2,1H3. The maximum atomic E-state index is 13.7. The minimum absolute atomic E-state index is 0.0484. The third kappa shape index (κ3) is 3.47. The van der Waals surface area contributed by atoms with Gasteiger partial charge in [0.1, 0.15) is 12.4 Å². The first-order valence-electron chi connectivity index (χ1n) is 8.59. The Bertz CT molecular complexity index is 1210. The Kier molecular flexibility index (Phi) is 4.90. The molecule has 154 valence electrons. The van der Waals surface area contributed by atoms with Gasteiger partial charge in [-0.05, 0) is 30.7 Å². The molecule has 2 heterocycles. The van der Waals surface area contributed by atoms with Crippen molar-refractivity contribution in [1.82, 2.24) is 10.1 Å². The van der Waals surface area contributed by atoms with Crippen molar-refractivity contribution in [1.29, 1.82) is 0 Å². The molecular formula is C20H13F4N3O3. The van der Waals surface area contributed by atoms with Crippen LogP contribution in [0.2, 0.25) is 0 Å². The topological polar surface area (TPSA) is 87.3 Å². The van der Waals surface area contributed by atoms with E-state index in [2.05, 4.69) is 10.1 Å². The molecule has 2 N–H and O–H groups in total. The molecule has 2 aromatic carbocycles. The summed E-state index contributed by atoms with van der Waals surface area (Å²) in [6.45, 7) is 1.32. The average molecular weight is 419 g/mol. The van der Waals surface area contributed by atoms with E-state index in [1.54, 1.807) is 18.2 Å². The van der Waals surface area contributed by atoms with E-state index >= 15 is 0 Å². The molecule has 0 saturated carbocycles. The number of hydrogen-bond donors (Lipinski definition) is 1. The number of anilines is 1. The zero-order valence-electron chi connectivity index (χ0n) is 15.4. The molecule has 0 unspecified atom stereocenters. The number of rotatable bonds is 5. The molecule has 6 nitrogen and oxygen atoms in total. The number of aromatic nitrogens is 2. The maximum Gasteiger partial charge on any atom is 0.293 e. The van der Waals surface area contributed by atoms with Crippen molar-refractivity contribution < 1.29 is 31.2 Å². The van der Waals surface area contributed by atoms with E-state index in [0.717, 1.165) is 5.56 Å². The molecule has 0 amide bonds. The van der Waals surface area contributed by atoms with Crippen LogP contribution in [0.4, 0.5) is 23.2 Å². The van der Waals surface area contributed by atoms with Crippen molar-refractivity contribution in [2.75, 3.05) is 5.73 Å². The van der Waals surface area contributed by atoms with Crippen LogP contribution in [0.3, 0.4) is 0 Å². The number of nitrogens with two attached hydrogens (primary N) is 1. The van der Waals surface area contributed by atoms with Crippen LogP contribution in [0, 0.1) is 30.2 Å². The predicted octanol–water partition coefficient (Wildman–Crippen LogP) is 5.02. The summed E-state index contributed by atoms with van der Waals surface area (Å²) in [6, 6.07) is 8.27. The summed E-state index contributed by atoms with van der Waals surface area (Å²) in [5, 5.41) is 3.89. The Balaban J connectivity index is 1.53. The van der Waals surface area contributed by atoms with Crippen molar-refractivity contribution in [2.45, 2.75) is 13.5 Å². The van der Waals surface area contributed by atoms with Gasteiger partial charge < -0.3 is 19.4 Å². The third-order valence-corrected chi connectivity index (χ3v) is 4.35. The van der Waals surface area contributed by atoms with E-state index in [4.69, 9.17) is 19.4 Å². The van der Waals surface area contributed by atoms with Gasteiger partial charge in [0, 0.05) is 17.3 Å². The second-order valence-electron chi connectivity index (χ2n) is 6.29. The van der Waals surface area contributed by atoms with Crippen LogP contribution in [0.15, 0.2) is 45.3 Å². The lowest BCUT2D eigenvalue weighted by atomic mass is 10.1. The highest BCUT2D eigenvalue weighted by atomic mass is 19.2. The second kappa shape index (κ2) is 7.54. The number of halogens is 4. The van der Waals surface area contributed by atoms with Crippen LogP contribution < -0.4 is 10.5 Å². The van der Waals surface area contributed by atoms with Crippen LogP contribution in [-0.4, -0.2) is 10.1 Å². The summed E-state index contributed by atoms with van der Waals surface area (Å²) < 4.78 is 69.3. The number of ether oxygens (including phenoxy) is 1. The smallest absolute Gasteiger partial charge is 0.293 e. The zero-order valence-corrected chi connectivity index (χ0v) is 15.4. The average Bonchev–Trinajstić information content (AvgIpc) is 3.38. The molecule has 2 aromatic heterocycles. The van der Waals surface area contributed by atoms with Gasteiger partial charge >= 0.3 is 0 Å². The molecule has 0 aliphatic rings. The lowest BCUT2D eigenvalue weighted by Gasteiger charge is -2.08. The lowest BCUT2D eigenvalue weighted by Crippen LogP contribution is -2.03. The van der Waals surface area contributed by atoms with Crippen LogP contribution in [0.1, 0.15) is 11.3 Å². The van der Waals surface area contributed by atoms with Crippen LogP contribution in [-0.2, 0) is 6.61 Å². The largest absolute Gasteiger partial charge is 0.479 e. The zero-order chi connectivity index (χ0) is 21.4. The number of benzene rings is 2. The molecule has 0 saturated heterocycles. The first-order chi connectivity index (χ1) is 14.3. The molecule has 0 fully saturated rings. The van der Waals surface area contributed by atoms with Crippen LogP contribution in [0.5, 0.6) is 5.75 Å². The highest BCUT2D eigenvalue weighted by molar-refractivity contribution is 5.68. The molecule has 0 bridgehead atoms. The Labute approximate surface area is 166 Å². The fraction of sp³-hybridized carbons (Fsp3) is 0.100. The second-order valence-corrected chi connectivity index (χ2v) is 6.29. The summed E-state index contributed by atoms with van der Waals surface area (Å²) in [7, 11) is 0. The molecule has 10 heteroatoms. The van der Waals surface area contributed by atoms with E-state index < -0.39 is 35.6 Å². The van der Waals surface area contributed by atoms with E-state index in [-0.39, 0.29) is 23.5 Å². The Morgan fingerprint density at radius 2 is 1.77 bits per heavy atom. The molecule has 4 rings (SSSR count). The van der Waals surface area contributed by atoms with E-state index in [9.17, 15) is 17.6 Å². The lowest BCUT2D eigenvalue weighted by molar-refractivity contribution is 0.237. The molecule has 4 aromatic rings. The molecule has 0 atom stereocenters. The molecular weight excluding hydrogens is 406 g/mol. The minimum atomic E-state index is -1.64. The molecule has 0 aliphatic carbocycles. The van der Waals surface area contributed by atoms with Crippen LogP contribution >= 0.6 is 0 Å². The van der Waals surface area contributed by atoms with Crippen LogP contribution in [0.25, 0.3) is 23.0 Å². The van der Waals surface area contributed by atoms with Gasteiger partial charge in [-0.3, -0.25) is 0 Å². The van der Waals surface area contributed by atoms with Gasteiger partial charge in [0.25, 0.3) is 5.89 Å². The fourth-order valence-corrected chi connectivity index (χ4v) is 2.72. The summed E-state index contributed by atoms with van der Waals surface area (Å²) in [5.74, 6) is -6.98. The van der Waals surface area contributed by atoms with E-state index in [1.807, 2.05) is 6.92 Å². The molecule has 0 spiro atoms. The summed E-state index contributed by atoms with van der Waals surface area (Å²) >= 11 is 0. The number of furan rings is 1. The normalized spacial score (nSPS) is 11.1. The maximum absolute atomic E-state index is 13.7. The van der Waals surface area contributed by atoms with Crippen molar-refractivity contribution in [3.63, 3.8) is 0 Å². The van der Waals surface area contributed by atoms with Gasteiger partial charge in [-0.15, -0.1) is 0 Å². The predicted molar refractivity (Wildman–Crippen MR) is 97.2 cm³/mol. The van der Waals surface area contributed by atoms with Crippen molar-refractivity contribution in [3.05, 3.63) is 71.0 Å². The first-order valence-corrected chi connectivity index (χ1v) is 8.59. The first kappa shape index (κ1) is 19.5. The van der Waals surface area contributed by atoms with E-state index in [1.165, 1.54) is 12.1 Å². The highest BCUT2D eigenvalue weighted by Crippen LogP contribution is 2.30. The molecule has 30 heavy (non-hydrogen) atoms. The molecule has 0 aliphatic heterocycles. The van der Waals surface area contributed by atoms with Crippen molar-refractivity contribution in [2.24, 2.45) is 0 Å². The summed E-state index contributed by atoms with van der Waals surface area (Å²) in [6.07, 6.45) is 0. The quantitative estimate of drug-likeness (QED) is 0.278. The molecule has 0 radical (unpaired) electrons. The Hall–Kier alpha value is -3.82.